The lowest BCUT2D eigenvalue weighted by Crippen LogP contribution is -2.36. The van der Waals surface area contributed by atoms with E-state index in [2.05, 4.69) is 21.9 Å². The lowest BCUT2D eigenvalue weighted by molar-refractivity contribution is -0.126. The van der Waals surface area contributed by atoms with Crippen LogP contribution in [0.2, 0.25) is 0 Å². The lowest BCUT2D eigenvalue weighted by atomic mass is 9.85. The maximum atomic E-state index is 12.7. The second-order valence-corrected chi connectivity index (χ2v) is 6.80. The third-order valence-electron chi connectivity index (χ3n) is 4.26. The summed E-state index contributed by atoms with van der Waals surface area (Å²) in [7, 11) is 0. The zero-order chi connectivity index (χ0) is 16.2. The van der Waals surface area contributed by atoms with Crippen LogP contribution in [0.5, 0.6) is 0 Å². The van der Waals surface area contributed by atoms with Crippen LogP contribution in [0.1, 0.15) is 24.0 Å². The molecule has 2 aromatic rings. The van der Waals surface area contributed by atoms with Gasteiger partial charge in [0.05, 0.1) is 11.5 Å². The highest BCUT2D eigenvalue weighted by Gasteiger charge is 2.50. The van der Waals surface area contributed by atoms with E-state index < -0.39 is 5.41 Å². The number of fused-ring (bicyclic) bond motifs is 1. The molecule has 2 saturated heterocycles. The Kier molecular flexibility index (Phi) is 2.57. The molecular weight excluding hydrogens is 300 g/mol. The quantitative estimate of drug-likeness (QED) is 0.866. The minimum absolute atomic E-state index is 0.0392. The van der Waals surface area contributed by atoms with Gasteiger partial charge in [-0.1, -0.05) is 6.58 Å². The van der Waals surface area contributed by atoms with Crippen LogP contribution in [-0.4, -0.2) is 39.8 Å². The van der Waals surface area contributed by atoms with Crippen molar-refractivity contribution in [1.29, 1.82) is 0 Å². The summed E-state index contributed by atoms with van der Waals surface area (Å²) in [6.45, 7) is 4.74. The molecular formula is C15H14N4O2S. The van der Waals surface area contributed by atoms with Crippen molar-refractivity contribution in [2.24, 2.45) is 5.41 Å². The number of thiazole rings is 1. The minimum Gasteiger partial charge on any atom is -0.335 e. The predicted octanol–water partition coefficient (Wildman–Crippen LogP) is 1.56. The van der Waals surface area contributed by atoms with Crippen LogP contribution in [-0.2, 0) is 4.79 Å². The van der Waals surface area contributed by atoms with E-state index in [4.69, 9.17) is 1.37 Å². The first-order valence-electron chi connectivity index (χ1n) is 7.50. The average Bonchev–Trinajstić information content (AvgIpc) is 3.17. The summed E-state index contributed by atoms with van der Waals surface area (Å²) in [5.74, 6) is -0.218. The van der Waals surface area contributed by atoms with E-state index in [1.165, 1.54) is 11.3 Å². The summed E-state index contributed by atoms with van der Waals surface area (Å²) in [6, 6.07) is 3.33. The van der Waals surface area contributed by atoms with E-state index in [0.29, 0.717) is 36.6 Å². The highest BCUT2D eigenvalue weighted by atomic mass is 32.1. The van der Waals surface area contributed by atoms with Gasteiger partial charge in [0, 0.05) is 31.4 Å². The highest BCUT2D eigenvalue weighted by molar-refractivity contribution is 7.20. The van der Waals surface area contributed by atoms with Crippen molar-refractivity contribution in [3.8, 4) is 0 Å². The Bertz CT molecular complexity index is 864. The molecule has 22 heavy (non-hydrogen) atoms. The van der Waals surface area contributed by atoms with Crippen molar-refractivity contribution in [3.05, 3.63) is 35.6 Å². The topological polar surface area (TPSA) is 75.2 Å². The molecule has 0 saturated carbocycles. The highest BCUT2D eigenvalue weighted by Crippen LogP contribution is 2.40. The van der Waals surface area contributed by atoms with Gasteiger partial charge in [-0.15, -0.1) is 11.3 Å². The monoisotopic (exact) mass is 316 g/mol. The smallest absolute Gasteiger partial charge is 0.282 e. The Morgan fingerprint density at radius 1 is 1.59 bits per heavy atom. The number of hydrogen-bond donors (Lipinski definition) is 1. The molecule has 7 heteroatoms. The Morgan fingerprint density at radius 3 is 3.23 bits per heavy atom. The van der Waals surface area contributed by atoms with Gasteiger partial charge in [-0.05, 0) is 18.6 Å². The largest absolute Gasteiger partial charge is 0.335 e. The summed E-state index contributed by atoms with van der Waals surface area (Å²) in [5.41, 5.74) is 0.610. The molecule has 1 unspecified atom stereocenters. The van der Waals surface area contributed by atoms with Gasteiger partial charge in [0.2, 0.25) is 5.91 Å². The Labute approximate surface area is 132 Å². The van der Waals surface area contributed by atoms with Crippen molar-refractivity contribution in [1.82, 2.24) is 20.2 Å². The van der Waals surface area contributed by atoms with Crippen molar-refractivity contribution in [2.45, 2.75) is 12.8 Å². The molecule has 0 bridgehead atoms. The van der Waals surface area contributed by atoms with Crippen LogP contribution in [0.4, 0.5) is 0 Å². The lowest BCUT2D eigenvalue weighted by Gasteiger charge is -2.20. The number of hydrogen-bond acceptors (Lipinski definition) is 5. The van der Waals surface area contributed by atoms with Gasteiger partial charge >= 0.3 is 0 Å². The van der Waals surface area contributed by atoms with E-state index in [0.717, 1.165) is 10.4 Å². The molecule has 112 valence electrons. The minimum atomic E-state index is -0.532. The third kappa shape index (κ3) is 1.93. The van der Waals surface area contributed by atoms with E-state index >= 15 is 0 Å². The molecule has 2 amide bonds. The summed E-state index contributed by atoms with van der Waals surface area (Å²) in [5, 5.41) is 3.12. The van der Waals surface area contributed by atoms with Gasteiger partial charge in [-0.3, -0.25) is 9.59 Å². The normalized spacial score (nSPS) is 25.1. The molecule has 2 aliphatic rings. The molecule has 2 fully saturated rings. The van der Waals surface area contributed by atoms with Crippen LogP contribution in [0.25, 0.3) is 10.3 Å². The zero-order valence-electron chi connectivity index (χ0n) is 12.8. The van der Waals surface area contributed by atoms with Gasteiger partial charge in [0.15, 0.2) is 10.7 Å². The molecule has 2 aliphatic heterocycles. The number of rotatable bonds is 1. The van der Waals surface area contributed by atoms with Crippen molar-refractivity contribution < 1.29 is 11.0 Å². The number of amides is 2. The van der Waals surface area contributed by atoms with Gasteiger partial charge in [-0.25, -0.2) is 9.97 Å². The fourth-order valence-corrected chi connectivity index (χ4v) is 4.03. The number of aromatic nitrogens is 2. The molecule has 4 heterocycles. The van der Waals surface area contributed by atoms with Gasteiger partial charge in [-0.2, -0.15) is 0 Å². The maximum absolute atomic E-state index is 12.7. The van der Waals surface area contributed by atoms with E-state index in [1.807, 2.05) is 0 Å². The third-order valence-corrected chi connectivity index (χ3v) is 5.26. The van der Waals surface area contributed by atoms with Crippen LogP contribution in [0.3, 0.4) is 0 Å². The second-order valence-electron chi connectivity index (χ2n) is 5.77. The van der Waals surface area contributed by atoms with Crippen LogP contribution < -0.4 is 5.32 Å². The average molecular weight is 316 g/mol. The van der Waals surface area contributed by atoms with E-state index in [9.17, 15) is 9.59 Å². The fourth-order valence-electron chi connectivity index (χ4n) is 3.15. The van der Waals surface area contributed by atoms with Gasteiger partial charge < -0.3 is 10.2 Å². The number of allylic oxidation sites excluding steroid dienone is 1. The number of pyridine rings is 1. The fraction of sp³-hybridized carbons (Fsp3) is 0.333. The molecule has 4 rings (SSSR count). The summed E-state index contributed by atoms with van der Waals surface area (Å²) < 4.78 is 8.30. The number of carbonyl (C=O) groups excluding carboxylic acids is 2. The number of nitrogens with one attached hydrogen (secondary N) is 1. The van der Waals surface area contributed by atoms with Gasteiger partial charge in [0.25, 0.3) is 5.91 Å². The molecule has 6 nitrogen and oxygen atoms in total. The summed E-state index contributed by atoms with van der Waals surface area (Å²) >= 11 is 1.27. The zero-order valence-corrected chi connectivity index (χ0v) is 12.6. The van der Waals surface area contributed by atoms with Crippen molar-refractivity contribution in [2.75, 3.05) is 13.1 Å². The Morgan fingerprint density at radius 2 is 2.45 bits per heavy atom. The number of nitrogens with zero attached hydrogens (tertiary/aromatic N) is 3. The van der Waals surface area contributed by atoms with Crippen molar-refractivity contribution >= 4 is 33.5 Å². The second kappa shape index (κ2) is 4.61. The van der Waals surface area contributed by atoms with E-state index in [-0.39, 0.29) is 18.0 Å². The summed E-state index contributed by atoms with van der Waals surface area (Å²) in [6.07, 6.45) is 1.35. The predicted molar refractivity (Wildman–Crippen MR) is 82.3 cm³/mol. The molecule has 2 aromatic heterocycles. The van der Waals surface area contributed by atoms with Gasteiger partial charge in [0.1, 0.15) is 0 Å². The summed E-state index contributed by atoms with van der Waals surface area (Å²) in [4.78, 5) is 34.8. The van der Waals surface area contributed by atoms with Crippen LogP contribution in [0, 0.1) is 5.41 Å². The standard InChI is InChI=1S/C15H14N4O2S/c1-9-7-15(14(21)17-9)4-6-19(8-15)13(20)12-18-11-10(22-12)3-2-5-16-11/h2-3,5H,1,4,6-8H2,(H,17,21)/i5T. The molecule has 1 spiro atoms. The first-order valence-corrected chi connectivity index (χ1v) is 7.81. The maximum Gasteiger partial charge on any atom is 0.282 e. The Hall–Kier alpha value is -2.28. The van der Waals surface area contributed by atoms with E-state index in [1.54, 1.807) is 17.0 Å². The first kappa shape index (κ1) is 12.3. The van der Waals surface area contributed by atoms with Crippen LogP contribution in [0.15, 0.2) is 30.6 Å². The SMILES string of the molecule is [3H]c1ccc2sc(C(=O)N3CCC4(CC(=C)NC4=O)C3)nc2n1. The van der Waals surface area contributed by atoms with Crippen LogP contribution >= 0.6 is 11.3 Å². The Balaban J connectivity index is 1.59. The molecule has 1 atom stereocenters. The molecule has 0 radical (unpaired) electrons. The number of carbonyl (C=O) groups is 2. The molecule has 0 aromatic carbocycles. The molecule has 1 N–H and O–H groups in total. The first-order chi connectivity index (χ1) is 11.0. The van der Waals surface area contributed by atoms with Crippen molar-refractivity contribution in [3.63, 3.8) is 0 Å². The number of likely N-dealkylation sites (tertiary alicyclic amines) is 1. The molecule has 0 aliphatic carbocycles.